The number of nitrogens with zero attached hydrogens (tertiary/aromatic N) is 4. The molecule has 0 saturated heterocycles. The molecule has 1 atom stereocenters. The van der Waals surface area contributed by atoms with Crippen LogP contribution in [-0.2, 0) is 6.54 Å². The lowest BCUT2D eigenvalue weighted by atomic mass is 10.1. The van der Waals surface area contributed by atoms with E-state index in [0.717, 1.165) is 12.6 Å². The van der Waals surface area contributed by atoms with Crippen molar-refractivity contribution in [2.75, 3.05) is 0 Å². The molecule has 2 heterocycles. The number of aromatic nitrogens is 4. The summed E-state index contributed by atoms with van der Waals surface area (Å²) in [5.41, 5.74) is 0.158. The van der Waals surface area contributed by atoms with Crippen molar-refractivity contribution < 1.29 is 9.50 Å². The first-order chi connectivity index (χ1) is 8.24. The summed E-state index contributed by atoms with van der Waals surface area (Å²) in [6.45, 7) is 2.63. The molecule has 0 fully saturated rings. The molecule has 1 N–H and O–H groups in total. The van der Waals surface area contributed by atoms with Gasteiger partial charge in [0.1, 0.15) is 18.2 Å². The second-order valence-corrected chi connectivity index (χ2v) is 3.64. The van der Waals surface area contributed by atoms with E-state index in [9.17, 15) is 9.50 Å². The van der Waals surface area contributed by atoms with Crippen LogP contribution in [0.25, 0.3) is 0 Å². The zero-order valence-corrected chi connectivity index (χ0v) is 9.41. The van der Waals surface area contributed by atoms with Crippen molar-refractivity contribution in [1.82, 2.24) is 19.7 Å². The molecule has 0 aliphatic carbocycles. The highest BCUT2D eigenvalue weighted by Gasteiger charge is 2.20. The number of hydrogen-bond acceptors (Lipinski definition) is 4. The summed E-state index contributed by atoms with van der Waals surface area (Å²) >= 11 is 0. The molecule has 5 nitrogen and oxygen atoms in total. The maximum absolute atomic E-state index is 13.5. The number of aliphatic hydroxyl groups excluding tert-OH is 1. The summed E-state index contributed by atoms with van der Waals surface area (Å²) in [6.07, 6.45) is 3.60. The van der Waals surface area contributed by atoms with E-state index in [0.29, 0.717) is 12.4 Å². The molecule has 2 aromatic rings. The molecule has 0 aromatic carbocycles. The summed E-state index contributed by atoms with van der Waals surface area (Å²) in [6, 6.07) is 1.44. The average molecular weight is 236 g/mol. The second kappa shape index (κ2) is 5.01. The van der Waals surface area contributed by atoms with Gasteiger partial charge in [-0.15, -0.1) is 0 Å². The molecule has 0 spiro atoms. The zero-order valence-electron chi connectivity index (χ0n) is 9.41. The van der Waals surface area contributed by atoms with E-state index in [2.05, 4.69) is 15.1 Å². The van der Waals surface area contributed by atoms with Crippen molar-refractivity contribution in [3.05, 3.63) is 42.0 Å². The van der Waals surface area contributed by atoms with E-state index in [1.165, 1.54) is 18.6 Å². The smallest absolute Gasteiger partial charge is 0.160 e. The van der Waals surface area contributed by atoms with Gasteiger partial charge in [-0.3, -0.25) is 4.98 Å². The van der Waals surface area contributed by atoms with E-state index in [1.54, 1.807) is 4.68 Å². The van der Waals surface area contributed by atoms with Crippen molar-refractivity contribution >= 4 is 0 Å². The third kappa shape index (κ3) is 2.31. The SMILES string of the molecule is CCCn1ncnc1C(O)c1ccncc1F. The van der Waals surface area contributed by atoms with Crippen molar-refractivity contribution in [2.24, 2.45) is 0 Å². The molecular weight excluding hydrogens is 223 g/mol. The molecule has 0 saturated carbocycles. The Balaban J connectivity index is 2.34. The molecular formula is C11H13FN4O. The third-order valence-corrected chi connectivity index (χ3v) is 2.42. The van der Waals surface area contributed by atoms with E-state index in [4.69, 9.17) is 0 Å². The Morgan fingerprint density at radius 1 is 1.53 bits per heavy atom. The minimum absolute atomic E-state index is 0.158. The largest absolute Gasteiger partial charge is 0.380 e. The molecule has 17 heavy (non-hydrogen) atoms. The van der Waals surface area contributed by atoms with E-state index < -0.39 is 11.9 Å². The maximum atomic E-state index is 13.5. The average Bonchev–Trinajstić information content (AvgIpc) is 2.78. The highest BCUT2D eigenvalue weighted by Crippen LogP contribution is 2.21. The van der Waals surface area contributed by atoms with Gasteiger partial charge in [0.15, 0.2) is 5.82 Å². The van der Waals surface area contributed by atoms with Gasteiger partial charge in [-0.1, -0.05) is 6.92 Å². The van der Waals surface area contributed by atoms with Crippen LogP contribution in [0.5, 0.6) is 0 Å². The summed E-state index contributed by atoms with van der Waals surface area (Å²) < 4.78 is 15.0. The predicted octanol–water partition coefficient (Wildman–Crippen LogP) is 1.30. The highest BCUT2D eigenvalue weighted by atomic mass is 19.1. The Labute approximate surface area is 98.0 Å². The second-order valence-electron chi connectivity index (χ2n) is 3.64. The molecule has 1 unspecified atom stereocenters. The van der Waals surface area contributed by atoms with Crippen LogP contribution in [0.15, 0.2) is 24.8 Å². The number of aryl methyl sites for hydroxylation is 1. The first-order valence-corrected chi connectivity index (χ1v) is 5.39. The summed E-state index contributed by atoms with van der Waals surface area (Å²) in [5, 5.41) is 14.1. The number of halogens is 1. The topological polar surface area (TPSA) is 63.8 Å². The molecule has 90 valence electrons. The fourth-order valence-corrected chi connectivity index (χ4v) is 1.62. The van der Waals surface area contributed by atoms with Gasteiger partial charge in [0, 0.05) is 18.3 Å². The number of pyridine rings is 1. The van der Waals surface area contributed by atoms with E-state index in [-0.39, 0.29) is 5.56 Å². The number of aliphatic hydroxyl groups is 1. The lowest BCUT2D eigenvalue weighted by molar-refractivity contribution is 0.197. The molecule has 2 aromatic heterocycles. The van der Waals surface area contributed by atoms with Gasteiger partial charge in [-0.2, -0.15) is 5.10 Å². The molecule has 2 rings (SSSR count). The number of hydrogen-bond donors (Lipinski definition) is 1. The van der Waals surface area contributed by atoms with Crippen LogP contribution in [-0.4, -0.2) is 24.9 Å². The fourth-order valence-electron chi connectivity index (χ4n) is 1.62. The first kappa shape index (κ1) is 11.7. The monoisotopic (exact) mass is 236 g/mol. The zero-order chi connectivity index (χ0) is 12.3. The van der Waals surface area contributed by atoms with Crippen LogP contribution in [0.2, 0.25) is 0 Å². The van der Waals surface area contributed by atoms with Crippen LogP contribution >= 0.6 is 0 Å². The Bertz CT molecular complexity index is 500. The number of rotatable bonds is 4. The lowest BCUT2D eigenvalue weighted by Gasteiger charge is -2.12. The van der Waals surface area contributed by atoms with Gasteiger partial charge in [0.25, 0.3) is 0 Å². The molecule has 0 radical (unpaired) electrons. The van der Waals surface area contributed by atoms with Crippen LogP contribution in [0, 0.1) is 5.82 Å². The predicted molar refractivity (Wildman–Crippen MR) is 58.6 cm³/mol. The van der Waals surface area contributed by atoms with Gasteiger partial charge in [0.05, 0.1) is 6.20 Å². The van der Waals surface area contributed by atoms with Crippen LogP contribution in [0.1, 0.15) is 30.8 Å². The highest BCUT2D eigenvalue weighted by molar-refractivity contribution is 5.21. The van der Waals surface area contributed by atoms with Gasteiger partial charge in [-0.05, 0) is 12.5 Å². The quantitative estimate of drug-likeness (QED) is 0.869. The Kier molecular flexibility index (Phi) is 3.43. The van der Waals surface area contributed by atoms with Crippen LogP contribution in [0.3, 0.4) is 0 Å². The van der Waals surface area contributed by atoms with Crippen molar-refractivity contribution in [3.63, 3.8) is 0 Å². The summed E-state index contributed by atoms with van der Waals surface area (Å²) in [5.74, 6) is -0.206. The normalized spacial score (nSPS) is 12.6. The molecule has 0 aliphatic rings. The Hall–Kier alpha value is -1.82. The third-order valence-electron chi connectivity index (χ3n) is 2.42. The Morgan fingerprint density at radius 3 is 3.06 bits per heavy atom. The van der Waals surface area contributed by atoms with Crippen LogP contribution in [0.4, 0.5) is 4.39 Å². The van der Waals surface area contributed by atoms with Gasteiger partial charge in [-0.25, -0.2) is 14.1 Å². The lowest BCUT2D eigenvalue weighted by Crippen LogP contribution is -2.12. The standard InChI is InChI=1S/C11H13FN4O/c1-2-5-16-11(14-7-15-16)10(17)8-3-4-13-6-9(8)12/h3-4,6-7,10,17H,2,5H2,1H3. The minimum atomic E-state index is -1.12. The minimum Gasteiger partial charge on any atom is -0.380 e. The Morgan fingerprint density at radius 2 is 2.35 bits per heavy atom. The van der Waals surface area contributed by atoms with Crippen molar-refractivity contribution in [3.8, 4) is 0 Å². The summed E-state index contributed by atoms with van der Waals surface area (Å²) in [7, 11) is 0. The molecule has 0 bridgehead atoms. The fraction of sp³-hybridized carbons (Fsp3) is 0.364. The van der Waals surface area contributed by atoms with Gasteiger partial charge >= 0.3 is 0 Å². The van der Waals surface area contributed by atoms with E-state index in [1.807, 2.05) is 6.92 Å². The van der Waals surface area contributed by atoms with Crippen molar-refractivity contribution in [1.29, 1.82) is 0 Å². The van der Waals surface area contributed by atoms with Gasteiger partial charge in [0.2, 0.25) is 0 Å². The summed E-state index contributed by atoms with van der Waals surface area (Å²) in [4.78, 5) is 7.61. The maximum Gasteiger partial charge on any atom is 0.160 e. The van der Waals surface area contributed by atoms with Crippen molar-refractivity contribution in [2.45, 2.75) is 26.0 Å². The molecule has 0 aliphatic heterocycles. The van der Waals surface area contributed by atoms with Gasteiger partial charge < -0.3 is 5.11 Å². The van der Waals surface area contributed by atoms with E-state index >= 15 is 0 Å². The first-order valence-electron chi connectivity index (χ1n) is 5.39. The molecule has 6 heteroatoms. The molecule has 0 amide bonds. The van der Waals surface area contributed by atoms with Crippen LogP contribution < -0.4 is 0 Å².